The van der Waals surface area contributed by atoms with Gasteiger partial charge in [-0.3, -0.25) is 19.1 Å². The molecular formula is C43H57N5O9S. The van der Waals surface area contributed by atoms with Gasteiger partial charge in [-0.1, -0.05) is 38.8 Å². The standard InChI is InChI=1S/C43H57N5O9S/c1-26(2)34-35-29(30-23-28(55-5)13-14-31(30)44-34)16-17-42(56-35)24-33-36(49)46-43(38(51)47-58(53,54)41(4)21-22-41)18-15-27(43)11-9-7-6-8-10-12-32(37(50)48(33)25-42)45-39(52)57-40(3)19-20-40/h9,11,13-14,23,26-27,32-33H,6-8,10,12,15-22,24-25H2,1-5H3,(H,45,52)(H,46,49)(H,47,51). The van der Waals surface area contributed by atoms with Gasteiger partial charge in [0.2, 0.25) is 21.8 Å². The van der Waals surface area contributed by atoms with Crippen molar-refractivity contribution < 1.29 is 41.8 Å². The Morgan fingerprint density at radius 1 is 1.03 bits per heavy atom. The third-order valence-corrected chi connectivity index (χ3v) is 15.8. The zero-order valence-corrected chi connectivity index (χ0v) is 35.1. The summed E-state index contributed by atoms with van der Waals surface area (Å²) in [5, 5.41) is 6.80. The normalized spacial score (nSPS) is 30.0. The molecule has 4 amide bonds. The van der Waals surface area contributed by atoms with Crippen LogP contribution in [0.15, 0.2) is 30.4 Å². The summed E-state index contributed by atoms with van der Waals surface area (Å²) in [6.45, 7) is 7.62. The Kier molecular flexibility index (Phi) is 10.2. The second-order valence-electron chi connectivity index (χ2n) is 18.4. The van der Waals surface area contributed by atoms with E-state index in [0.29, 0.717) is 62.9 Å². The lowest BCUT2D eigenvalue weighted by Gasteiger charge is -2.48. The predicted molar refractivity (Wildman–Crippen MR) is 216 cm³/mol. The van der Waals surface area contributed by atoms with Crippen LogP contribution in [-0.4, -0.2) is 89.3 Å². The Balaban J connectivity index is 1.16. The zero-order valence-electron chi connectivity index (χ0n) is 34.3. The van der Waals surface area contributed by atoms with Crippen molar-refractivity contribution in [2.45, 2.75) is 157 Å². The monoisotopic (exact) mass is 819 g/mol. The van der Waals surface area contributed by atoms with E-state index in [1.54, 1.807) is 14.0 Å². The van der Waals surface area contributed by atoms with Gasteiger partial charge in [0.1, 0.15) is 40.3 Å². The van der Waals surface area contributed by atoms with E-state index in [2.05, 4.69) is 15.4 Å². The third kappa shape index (κ3) is 7.40. The van der Waals surface area contributed by atoms with Crippen LogP contribution in [0.5, 0.6) is 11.5 Å². The highest BCUT2D eigenvalue weighted by Crippen LogP contribution is 2.48. The molecule has 58 heavy (non-hydrogen) atoms. The van der Waals surface area contributed by atoms with Crippen LogP contribution in [-0.2, 0) is 35.6 Å². The van der Waals surface area contributed by atoms with Crippen LogP contribution in [0.1, 0.15) is 128 Å². The minimum absolute atomic E-state index is 0.00346. The van der Waals surface area contributed by atoms with Crippen molar-refractivity contribution in [1.82, 2.24) is 25.2 Å². The van der Waals surface area contributed by atoms with E-state index in [4.69, 9.17) is 19.2 Å². The van der Waals surface area contributed by atoms with Gasteiger partial charge in [-0.2, -0.15) is 0 Å². The molecule has 0 radical (unpaired) electrons. The molecule has 3 N–H and O–H groups in total. The molecule has 6 aliphatic rings. The Bertz CT molecular complexity index is 2170. The molecule has 5 unspecified atom stereocenters. The van der Waals surface area contributed by atoms with E-state index in [1.807, 2.05) is 51.1 Å². The van der Waals surface area contributed by atoms with Crippen molar-refractivity contribution in [3.63, 3.8) is 0 Å². The smallest absolute Gasteiger partial charge is 0.408 e. The average Bonchev–Trinajstić information content (AvgIpc) is 4.08. The Morgan fingerprint density at radius 3 is 2.48 bits per heavy atom. The topological polar surface area (TPSA) is 182 Å². The largest absolute Gasteiger partial charge is 0.497 e. The number of benzene rings is 1. The molecule has 1 aromatic heterocycles. The first kappa shape index (κ1) is 40.4. The number of pyridine rings is 1. The van der Waals surface area contributed by atoms with Crippen LogP contribution >= 0.6 is 0 Å². The highest BCUT2D eigenvalue weighted by Gasteiger charge is 2.60. The lowest BCUT2D eigenvalue weighted by molar-refractivity contribution is -0.144. The Labute approximate surface area is 340 Å². The van der Waals surface area contributed by atoms with Gasteiger partial charge in [-0.25, -0.2) is 18.2 Å². The Morgan fingerprint density at radius 2 is 1.81 bits per heavy atom. The molecule has 3 saturated carbocycles. The second kappa shape index (κ2) is 14.7. The molecule has 15 heteroatoms. The molecule has 3 aliphatic carbocycles. The van der Waals surface area contributed by atoms with Crippen molar-refractivity contribution in [3.8, 4) is 11.5 Å². The van der Waals surface area contributed by atoms with Gasteiger partial charge < -0.3 is 29.7 Å². The number of rotatable bonds is 7. The number of aryl methyl sites for hydroxylation is 1. The molecule has 14 nitrogen and oxygen atoms in total. The van der Waals surface area contributed by atoms with Gasteiger partial charge in [-0.05, 0) is 109 Å². The number of sulfonamides is 1. The van der Waals surface area contributed by atoms with Crippen LogP contribution in [0, 0.1) is 5.92 Å². The van der Waals surface area contributed by atoms with Gasteiger partial charge in [-0.15, -0.1) is 0 Å². The molecular weight excluding hydrogens is 763 g/mol. The lowest BCUT2D eigenvalue weighted by atomic mass is 9.65. The van der Waals surface area contributed by atoms with E-state index < -0.39 is 73.3 Å². The number of aromatic nitrogens is 1. The minimum Gasteiger partial charge on any atom is -0.497 e. The summed E-state index contributed by atoms with van der Waals surface area (Å²) >= 11 is 0. The summed E-state index contributed by atoms with van der Waals surface area (Å²) in [6.07, 6.45) is 10.9. The fraction of sp³-hybridized carbons (Fsp3) is 0.651. The van der Waals surface area contributed by atoms with Crippen LogP contribution < -0.4 is 24.8 Å². The molecule has 4 fully saturated rings. The summed E-state index contributed by atoms with van der Waals surface area (Å²) < 4.78 is 46.4. The SMILES string of the molecule is COc1ccc2nc(C(C)C)c3c(c2c1)CCC1(CC2C(=O)NC4(C(=O)NS(=O)(=O)C5(C)CC5)CCC4C=CCCCCCC(NC(=O)OC4(C)CC4)C(=O)N2C1)O3. The number of carbonyl (C=O) groups excluding carboxylic acids is 4. The molecule has 1 spiro atoms. The van der Waals surface area contributed by atoms with Crippen molar-refractivity contribution in [2.75, 3.05) is 13.7 Å². The number of amides is 4. The highest BCUT2D eigenvalue weighted by atomic mass is 32.2. The molecule has 5 atom stereocenters. The maximum absolute atomic E-state index is 14.9. The van der Waals surface area contributed by atoms with Gasteiger partial charge >= 0.3 is 6.09 Å². The van der Waals surface area contributed by atoms with E-state index >= 15 is 0 Å². The molecule has 2 aromatic rings. The highest BCUT2D eigenvalue weighted by molar-refractivity contribution is 7.91. The zero-order chi connectivity index (χ0) is 41.3. The molecule has 1 saturated heterocycles. The van der Waals surface area contributed by atoms with Gasteiger partial charge in [0.05, 0.1) is 29.6 Å². The Hall–Kier alpha value is -4.40. The average molecular weight is 820 g/mol. The van der Waals surface area contributed by atoms with Crippen molar-refractivity contribution in [1.29, 1.82) is 0 Å². The maximum atomic E-state index is 14.9. The summed E-state index contributed by atoms with van der Waals surface area (Å²) in [6, 6.07) is 3.71. The van der Waals surface area contributed by atoms with Crippen LogP contribution in [0.25, 0.3) is 10.9 Å². The number of nitrogens with one attached hydrogen (secondary N) is 3. The molecule has 4 heterocycles. The number of nitrogens with zero attached hydrogens (tertiary/aromatic N) is 2. The fourth-order valence-electron chi connectivity index (χ4n) is 9.10. The van der Waals surface area contributed by atoms with Crippen molar-refractivity contribution in [2.24, 2.45) is 5.92 Å². The molecule has 314 valence electrons. The predicted octanol–water partition coefficient (Wildman–Crippen LogP) is 5.46. The first-order chi connectivity index (χ1) is 27.5. The van der Waals surface area contributed by atoms with E-state index in [0.717, 1.165) is 47.8 Å². The maximum Gasteiger partial charge on any atom is 0.408 e. The second-order valence-corrected chi connectivity index (χ2v) is 20.6. The minimum atomic E-state index is -4.01. The quantitative estimate of drug-likeness (QED) is 0.304. The lowest BCUT2D eigenvalue weighted by Crippen LogP contribution is -2.70. The summed E-state index contributed by atoms with van der Waals surface area (Å²) in [4.78, 5) is 63.8. The number of allylic oxidation sites excluding steroid dienone is 1. The van der Waals surface area contributed by atoms with Crippen LogP contribution in [0.4, 0.5) is 4.79 Å². The fourth-order valence-corrected chi connectivity index (χ4v) is 10.4. The van der Waals surface area contributed by atoms with E-state index in [1.165, 1.54) is 4.90 Å². The van der Waals surface area contributed by atoms with Crippen molar-refractivity contribution >= 4 is 44.7 Å². The van der Waals surface area contributed by atoms with Crippen molar-refractivity contribution in [3.05, 3.63) is 41.6 Å². The summed E-state index contributed by atoms with van der Waals surface area (Å²) in [7, 11) is -2.39. The van der Waals surface area contributed by atoms with Gasteiger partial charge in [0, 0.05) is 23.3 Å². The van der Waals surface area contributed by atoms with Crippen LogP contribution in [0.2, 0.25) is 0 Å². The number of methoxy groups -OCH3 is 1. The third-order valence-electron chi connectivity index (χ3n) is 13.6. The number of hydrogen-bond acceptors (Lipinski definition) is 10. The number of hydrogen-bond donors (Lipinski definition) is 3. The number of alkyl carbamates (subject to hydrolysis) is 1. The number of fused-ring (bicyclic) bond motifs is 5. The van der Waals surface area contributed by atoms with Gasteiger partial charge in [0.15, 0.2) is 0 Å². The molecule has 0 bridgehead atoms. The first-order valence-electron chi connectivity index (χ1n) is 21.0. The van der Waals surface area contributed by atoms with E-state index in [-0.39, 0.29) is 25.3 Å². The van der Waals surface area contributed by atoms with Gasteiger partial charge in [0.25, 0.3) is 5.91 Å². The first-order valence-corrected chi connectivity index (χ1v) is 22.5. The number of carbonyl (C=O) groups is 4. The molecule has 3 aliphatic heterocycles. The molecule has 1 aromatic carbocycles. The van der Waals surface area contributed by atoms with Crippen LogP contribution in [0.3, 0.4) is 0 Å². The number of ether oxygens (including phenoxy) is 3. The molecule has 8 rings (SSSR count). The van der Waals surface area contributed by atoms with E-state index in [9.17, 15) is 27.6 Å². The summed E-state index contributed by atoms with van der Waals surface area (Å²) in [5.41, 5.74) is -0.517. The summed E-state index contributed by atoms with van der Waals surface area (Å²) in [5.74, 6) is -0.899.